The lowest BCUT2D eigenvalue weighted by molar-refractivity contribution is -0.0240. The second kappa shape index (κ2) is 9.29. The van der Waals surface area contributed by atoms with Gasteiger partial charge in [0.15, 0.2) is 5.82 Å². The number of hydrogen-bond acceptors (Lipinski definition) is 7. The molecule has 7 nitrogen and oxygen atoms in total. The van der Waals surface area contributed by atoms with Crippen molar-refractivity contribution in [3.63, 3.8) is 0 Å². The summed E-state index contributed by atoms with van der Waals surface area (Å²) in [4.78, 5) is 19.8. The van der Waals surface area contributed by atoms with Gasteiger partial charge in [0, 0.05) is 43.3 Å². The molecule has 1 fully saturated rings. The first-order valence-corrected chi connectivity index (χ1v) is 12.2. The minimum Gasteiger partial charge on any atom is -0.374 e. The molecule has 1 saturated heterocycles. The van der Waals surface area contributed by atoms with Crippen molar-refractivity contribution >= 4 is 38.4 Å². The number of hydrogen-bond donors (Lipinski definition) is 2. The van der Waals surface area contributed by atoms with E-state index in [1.54, 1.807) is 6.20 Å². The number of aromatic amines is 1. The van der Waals surface area contributed by atoms with E-state index in [0.29, 0.717) is 41.4 Å². The molecule has 0 spiro atoms. The van der Waals surface area contributed by atoms with E-state index in [-0.39, 0.29) is 11.9 Å². The summed E-state index contributed by atoms with van der Waals surface area (Å²) < 4.78 is 33.1. The molecule has 4 aromatic heterocycles. The standard InChI is InChI=1S/C25H22F2N6OS/c26-16-3-1-15(2-4-16)13-33-6-7-34-18(14-33)11-29-23-19-5-8-35-25(19)32-24(31-23)21-12-30-22-20(21)9-17(27)10-28-22/h1-5,8-10,12,18H,6-7,11,13-14H2,(H,28,30)(H,29,31,32). The fourth-order valence-corrected chi connectivity index (χ4v) is 5.14. The van der Waals surface area contributed by atoms with Crippen LogP contribution in [-0.4, -0.2) is 57.2 Å². The van der Waals surface area contributed by atoms with Gasteiger partial charge in [-0.05, 0) is 35.2 Å². The average Bonchev–Trinajstić information content (AvgIpc) is 3.51. The van der Waals surface area contributed by atoms with Gasteiger partial charge in [0.05, 0.1) is 24.3 Å². The summed E-state index contributed by atoms with van der Waals surface area (Å²) in [7, 11) is 0. The first-order chi connectivity index (χ1) is 17.1. The van der Waals surface area contributed by atoms with E-state index in [4.69, 9.17) is 14.7 Å². The predicted molar refractivity (Wildman–Crippen MR) is 132 cm³/mol. The van der Waals surface area contributed by atoms with Gasteiger partial charge in [0.2, 0.25) is 0 Å². The van der Waals surface area contributed by atoms with Gasteiger partial charge < -0.3 is 15.0 Å². The average molecular weight is 493 g/mol. The van der Waals surface area contributed by atoms with Crippen LogP contribution in [0, 0.1) is 11.6 Å². The molecule has 1 aliphatic heterocycles. The highest BCUT2D eigenvalue weighted by atomic mass is 32.1. The highest BCUT2D eigenvalue weighted by molar-refractivity contribution is 7.16. The van der Waals surface area contributed by atoms with Crippen molar-refractivity contribution in [1.29, 1.82) is 0 Å². The molecule has 0 bridgehead atoms. The Bertz CT molecular complexity index is 1480. The number of fused-ring (bicyclic) bond motifs is 2. The number of rotatable bonds is 6. The van der Waals surface area contributed by atoms with Crippen LogP contribution in [0.15, 0.2) is 54.2 Å². The molecule has 2 N–H and O–H groups in total. The SMILES string of the molecule is Fc1ccc(CN2CCOC(CNc3nc(-c4c[nH]c5ncc(F)cc45)nc4sccc34)C2)cc1. The molecule has 1 aliphatic rings. The van der Waals surface area contributed by atoms with Gasteiger partial charge in [-0.2, -0.15) is 0 Å². The van der Waals surface area contributed by atoms with Crippen molar-refractivity contribution < 1.29 is 13.5 Å². The number of anilines is 1. The van der Waals surface area contributed by atoms with Gasteiger partial charge in [-0.15, -0.1) is 11.3 Å². The van der Waals surface area contributed by atoms with Gasteiger partial charge in [-0.25, -0.2) is 23.7 Å². The van der Waals surface area contributed by atoms with Crippen molar-refractivity contribution in [1.82, 2.24) is 24.8 Å². The van der Waals surface area contributed by atoms with Crippen LogP contribution < -0.4 is 5.32 Å². The Morgan fingerprint density at radius 1 is 1.11 bits per heavy atom. The summed E-state index contributed by atoms with van der Waals surface area (Å²) in [6.45, 7) is 3.53. The molecule has 0 radical (unpaired) electrons. The van der Waals surface area contributed by atoms with Crippen molar-refractivity contribution in [2.24, 2.45) is 0 Å². The second-order valence-electron chi connectivity index (χ2n) is 8.52. The van der Waals surface area contributed by atoms with Crippen molar-refractivity contribution in [2.45, 2.75) is 12.6 Å². The summed E-state index contributed by atoms with van der Waals surface area (Å²) in [5.74, 6) is 0.581. The highest BCUT2D eigenvalue weighted by Gasteiger charge is 2.22. The zero-order valence-electron chi connectivity index (χ0n) is 18.7. The summed E-state index contributed by atoms with van der Waals surface area (Å²) in [5.41, 5.74) is 2.36. The van der Waals surface area contributed by atoms with E-state index in [2.05, 4.69) is 20.2 Å². The van der Waals surface area contributed by atoms with E-state index in [1.807, 2.05) is 23.6 Å². The molecule has 10 heteroatoms. The Morgan fingerprint density at radius 3 is 2.89 bits per heavy atom. The number of morpholine rings is 1. The van der Waals surface area contributed by atoms with Gasteiger partial charge in [-0.1, -0.05) is 12.1 Å². The molecule has 1 aromatic carbocycles. The number of nitrogens with one attached hydrogen (secondary N) is 2. The molecule has 178 valence electrons. The Balaban J connectivity index is 1.21. The van der Waals surface area contributed by atoms with Crippen LogP contribution in [0.25, 0.3) is 32.6 Å². The lowest BCUT2D eigenvalue weighted by Gasteiger charge is -2.33. The maximum atomic E-state index is 13.8. The summed E-state index contributed by atoms with van der Waals surface area (Å²) in [5, 5.41) is 7.00. The van der Waals surface area contributed by atoms with Crippen LogP contribution in [0.2, 0.25) is 0 Å². The monoisotopic (exact) mass is 492 g/mol. The third-order valence-electron chi connectivity index (χ3n) is 6.10. The molecule has 35 heavy (non-hydrogen) atoms. The Labute approximate surface area is 203 Å². The molecule has 6 rings (SSSR count). The molecular weight excluding hydrogens is 470 g/mol. The maximum absolute atomic E-state index is 13.8. The lowest BCUT2D eigenvalue weighted by Crippen LogP contribution is -2.44. The second-order valence-corrected chi connectivity index (χ2v) is 9.42. The number of benzene rings is 1. The third kappa shape index (κ3) is 4.60. The van der Waals surface area contributed by atoms with E-state index in [0.717, 1.165) is 35.4 Å². The number of pyridine rings is 1. The zero-order chi connectivity index (χ0) is 23.8. The maximum Gasteiger partial charge on any atom is 0.165 e. The Kier molecular flexibility index (Phi) is 5.85. The summed E-state index contributed by atoms with van der Waals surface area (Å²) in [6.07, 6.45) is 2.91. The fraction of sp³-hybridized carbons (Fsp3) is 0.240. The molecule has 0 amide bonds. The number of ether oxygens (including phenoxy) is 1. The molecular formula is C25H22F2N6OS. The van der Waals surface area contributed by atoms with E-state index in [9.17, 15) is 8.78 Å². The largest absolute Gasteiger partial charge is 0.374 e. The first kappa shape index (κ1) is 22.0. The van der Waals surface area contributed by atoms with Crippen LogP contribution in [0.4, 0.5) is 14.6 Å². The minimum atomic E-state index is -0.409. The molecule has 1 unspecified atom stereocenters. The fourth-order valence-electron chi connectivity index (χ4n) is 4.38. The van der Waals surface area contributed by atoms with Crippen LogP contribution in [0.3, 0.4) is 0 Å². The quantitative estimate of drug-likeness (QED) is 0.354. The van der Waals surface area contributed by atoms with Crippen molar-refractivity contribution in [3.05, 3.63) is 71.4 Å². The Hall–Kier alpha value is -3.47. The molecule has 0 aliphatic carbocycles. The van der Waals surface area contributed by atoms with Gasteiger partial charge in [0.1, 0.15) is 27.9 Å². The molecule has 1 atom stereocenters. The van der Waals surface area contributed by atoms with Crippen LogP contribution in [-0.2, 0) is 11.3 Å². The van der Waals surface area contributed by atoms with Crippen LogP contribution in [0.1, 0.15) is 5.56 Å². The third-order valence-corrected chi connectivity index (χ3v) is 6.91. The first-order valence-electron chi connectivity index (χ1n) is 11.3. The van der Waals surface area contributed by atoms with Gasteiger partial charge in [0.25, 0.3) is 0 Å². The normalized spacial score (nSPS) is 16.8. The van der Waals surface area contributed by atoms with E-state index >= 15 is 0 Å². The lowest BCUT2D eigenvalue weighted by atomic mass is 10.2. The molecule has 5 heterocycles. The Morgan fingerprint density at radius 2 is 2.00 bits per heavy atom. The van der Waals surface area contributed by atoms with Gasteiger partial charge >= 0.3 is 0 Å². The minimum absolute atomic E-state index is 0.0253. The summed E-state index contributed by atoms with van der Waals surface area (Å²) in [6, 6.07) is 10.1. The topological polar surface area (TPSA) is 79.0 Å². The molecule has 5 aromatic rings. The number of halogens is 2. The number of thiophene rings is 1. The summed E-state index contributed by atoms with van der Waals surface area (Å²) >= 11 is 1.53. The van der Waals surface area contributed by atoms with E-state index < -0.39 is 5.82 Å². The van der Waals surface area contributed by atoms with Crippen molar-refractivity contribution in [3.8, 4) is 11.4 Å². The predicted octanol–water partition coefficient (Wildman–Crippen LogP) is 4.83. The highest BCUT2D eigenvalue weighted by Crippen LogP contribution is 2.31. The molecule has 0 saturated carbocycles. The smallest absolute Gasteiger partial charge is 0.165 e. The number of H-pyrrole nitrogens is 1. The van der Waals surface area contributed by atoms with Crippen LogP contribution in [0.5, 0.6) is 0 Å². The van der Waals surface area contributed by atoms with Crippen LogP contribution >= 0.6 is 11.3 Å². The van der Waals surface area contributed by atoms with Crippen molar-refractivity contribution in [2.75, 3.05) is 31.6 Å². The zero-order valence-corrected chi connectivity index (χ0v) is 19.5. The van der Waals surface area contributed by atoms with Gasteiger partial charge in [-0.3, -0.25) is 4.90 Å². The number of aromatic nitrogens is 4. The number of nitrogens with zero attached hydrogens (tertiary/aromatic N) is 4. The van der Waals surface area contributed by atoms with E-state index in [1.165, 1.54) is 35.7 Å².